The number of nitrogens with one attached hydrogen (secondary N) is 2. The quantitative estimate of drug-likeness (QED) is 0.469. The second-order valence-corrected chi connectivity index (χ2v) is 2.92. The van der Waals surface area contributed by atoms with Crippen LogP contribution in [-0.4, -0.2) is 26.7 Å². The van der Waals surface area contributed by atoms with Crippen molar-refractivity contribution in [1.29, 1.82) is 0 Å². The summed E-state index contributed by atoms with van der Waals surface area (Å²) in [6, 6.07) is 1.74. The van der Waals surface area contributed by atoms with E-state index in [0.717, 1.165) is 0 Å². The average Bonchev–Trinajstić information content (AvgIpc) is 2.82. The predicted molar refractivity (Wildman–Crippen MR) is 56.3 cm³/mol. The van der Waals surface area contributed by atoms with Crippen LogP contribution < -0.4 is 16.6 Å². The van der Waals surface area contributed by atoms with Gasteiger partial charge in [-0.1, -0.05) is 5.16 Å². The van der Waals surface area contributed by atoms with Crippen LogP contribution in [-0.2, 0) is 6.42 Å². The highest BCUT2D eigenvalue weighted by atomic mass is 16.5. The molecule has 84 valence electrons. The maximum atomic E-state index is 5.19. The highest BCUT2D eigenvalue weighted by Gasteiger charge is 2.00. The molecule has 0 unspecified atom stereocenters. The molecule has 0 bridgehead atoms. The molecule has 0 aliphatic carbocycles. The third kappa shape index (κ3) is 2.64. The first-order valence-electron chi connectivity index (χ1n) is 4.67. The summed E-state index contributed by atoms with van der Waals surface area (Å²) in [4.78, 5) is 11.9. The molecule has 0 atom stereocenters. The van der Waals surface area contributed by atoms with E-state index >= 15 is 0 Å². The second kappa shape index (κ2) is 5.03. The van der Waals surface area contributed by atoms with E-state index in [-0.39, 0.29) is 0 Å². The van der Waals surface area contributed by atoms with Gasteiger partial charge in [0.15, 0.2) is 6.33 Å². The molecule has 4 N–H and O–H groups in total. The minimum Gasteiger partial charge on any atom is -0.369 e. The zero-order valence-electron chi connectivity index (χ0n) is 8.42. The van der Waals surface area contributed by atoms with Gasteiger partial charge in [-0.05, 0) is 6.07 Å². The molecule has 0 aliphatic rings. The number of anilines is 2. The molecule has 0 radical (unpaired) electrons. The lowest BCUT2D eigenvalue weighted by Crippen LogP contribution is -2.12. The lowest BCUT2D eigenvalue weighted by molar-refractivity contribution is 0.379. The molecule has 0 saturated heterocycles. The van der Waals surface area contributed by atoms with Crippen molar-refractivity contribution in [2.24, 2.45) is 5.84 Å². The summed E-state index contributed by atoms with van der Waals surface area (Å²) < 4.78 is 4.85. The smallest absolute Gasteiger partial charge is 0.239 e. The zero-order valence-corrected chi connectivity index (χ0v) is 8.42. The van der Waals surface area contributed by atoms with Crippen molar-refractivity contribution < 1.29 is 4.52 Å². The highest BCUT2D eigenvalue weighted by Crippen LogP contribution is 2.04. The van der Waals surface area contributed by atoms with E-state index in [4.69, 9.17) is 10.4 Å². The fourth-order valence-electron chi connectivity index (χ4n) is 1.13. The van der Waals surface area contributed by atoms with Crippen molar-refractivity contribution in [1.82, 2.24) is 20.1 Å². The van der Waals surface area contributed by atoms with Crippen molar-refractivity contribution in [2.45, 2.75) is 6.42 Å². The van der Waals surface area contributed by atoms with E-state index in [1.165, 1.54) is 6.33 Å². The van der Waals surface area contributed by atoms with E-state index in [0.29, 0.717) is 30.6 Å². The van der Waals surface area contributed by atoms with E-state index in [9.17, 15) is 0 Å². The van der Waals surface area contributed by atoms with Gasteiger partial charge in [-0.25, -0.2) is 10.8 Å². The molecule has 0 amide bonds. The Morgan fingerprint density at radius 1 is 1.38 bits per heavy atom. The molecule has 0 spiro atoms. The summed E-state index contributed by atoms with van der Waals surface area (Å²) in [5.74, 6) is 6.82. The molecule has 16 heavy (non-hydrogen) atoms. The number of nitrogens with zero attached hydrogens (tertiary/aromatic N) is 4. The second-order valence-electron chi connectivity index (χ2n) is 2.92. The van der Waals surface area contributed by atoms with Gasteiger partial charge in [-0.3, -0.25) is 5.43 Å². The number of hydrazine groups is 1. The lowest BCUT2D eigenvalue weighted by atomic mass is 10.4. The maximum Gasteiger partial charge on any atom is 0.239 e. The van der Waals surface area contributed by atoms with Gasteiger partial charge in [-0.2, -0.15) is 9.97 Å². The number of nitrogen functional groups attached to an aromatic ring is 1. The molecule has 0 saturated carbocycles. The summed E-state index contributed by atoms with van der Waals surface area (Å²) in [7, 11) is 0. The fourth-order valence-corrected chi connectivity index (χ4v) is 1.13. The van der Waals surface area contributed by atoms with Gasteiger partial charge in [0, 0.05) is 19.2 Å². The minimum absolute atomic E-state index is 0.364. The van der Waals surface area contributed by atoms with Crippen LogP contribution >= 0.6 is 0 Å². The van der Waals surface area contributed by atoms with Gasteiger partial charge in [0.25, 0.3) is 0 Å². The third-order valence-corrected chi connectivity index (χ3v) is 1.84. The van der Waals surface area contributed by atoms with Gasteiger partial charge in [0.2, 0.25) is 11.8 Å². The van der Waals surface area contributed by atoms with Gasteiger partial charge in [-0.15, -0.1) is 0 Å². The largest absolute Gasteiger partial charge is 0.369 e. The normalized spacial score (nSPS) is 10.1. The van der Waals surface area contributed by atoms with Crippen molar-refractivity contribution in [3.63, 3.8) is 0 Å². The molecule has 0 fully saturated rings. The first-order chi connectivity index (χ1) is 7.88. The first kappa shape index (κ1) is 10.3. The predicted octanol–water partition coefficient (Wildman–Crippen LogP) is -0.200. The Kier molecular flexibility index (Phi) is 3.24. The molecule has 8 nitrogen and oxygen atoms in total. The summed E-state index contributed by atoms with van der Waals surface area (Å²) in [6.07, 6.45) is 3.61. The SMILES string of the molecule is NNc1nccc(NCCc2ncno2)n1. The van der Waals surface area contributed by atoms with Crippen LogP contribution in [0.5, 0.6) is 0 Å². The molecule has 2 aromatic heterocycles. The Labute approximate surface area is 91.3 Å². The Morgan fingerprint density at radius 3 is 3.06 bits per heavy atom. The Morgan fingerprint density at radius 2 is 2.31 bits per heavy atom. The number of hydrogen-bond donors (Lipinski definition) is 3. The maximum absolute atomic E-state index is 5.19. The molecule has 2 heterocycles. The lowest BCUT2D eigenvalue weighted by Gasteiger charge is -2.04. The van der Waals surface area contributed by atoms with Crippen LogP contribution in [0.25, 0.3) is 0 Å². The monoisotopic (exact) mass is 221 g/mol. The number of aromatic nitrogens is 4. The fraction of sp³-hybridized carbons (Fsp3) is 0.250. The number of hydrogen-bond acceptors (Lipinski definition) is 8. The van der Waals surface area contributed by atoms with Crippen LogP contribution in [0.1, 0.15) is 5.89 Å². The van der Waals surface area contributed by atoms with Crippen LogP contribution in [0.3, 0.4) is 0 Å². The summed E-state index contributed by atoms with van der Waals surface area (Å²) in [5, 5.41) is 6.59. The molecule has 8 heteroatoms. The van der Waals surface area contributed by atoms with E-state index < -0.39 is 0 Å². The van der Waals surface area contributed by atoms with Crippen LogP contribution in [0.4, 0.5) is 11.8 Å². The number of nitrogens with two attached hydrogens (primary N) is 1. The van der Waals surface area contributed by atoms with Crippen molar-refractivity contribution >= 4 is 11.8 Å². The van der Waals surface area contributed by atoms with Crippen LogP contribution in [0.2, 0.25) is 0 Å². The number of rotatable bonds is 5. The van der Waals surface area contributed by atoms with E-state index in [1.807, 2.05) is 0 Å². The molecular formula is C8H11N7O. The molecule has 2 rings (SSSR count). The summed E-state index contributed by atoms with van der Waals surface area (Å²) >= 11 is 0. The molecule has 0 aliphatic heterocycles. The van der Waals surface area contributed by atoms with Crippen molar-refractivity contribution in [3.8, 4) is 0 Å². The molecule has 0 aromatic carbocycles. The standard InChI is InChI=1S/C8H11N7O/c9-15-8-11-3-1-6(14-8)10-4-2-7-12-5-13-16-7/h1,3,5H,2,4,9H2,(H2,10,11,14,15). The van der Waals surface area contributed by atoms with E-state index in [1.54, 1.807) is 12.3 Å². The Hall–Kier alpha value is -2.22. The van der Waals surface area contributed by atoms with Gasteiger partial charge < -0.3 is 9.84 Å². The zero-order chi connectivity index (χ0) is 11.2. The molecular weight excluding hydrogens is 210 g/mol. The van der Waals surface area contributed by atoms with Gasteiger partial charge in [0.1, 0.15) is 5.82 Å². The molecule has 2 aromatic rings. The van der Waals surface area contributed by atoms with Crippen LogP contribution in [0, 0.1) is 0 Å². The minimum atomic E-state index is 0.364. The Bertz CT molecular complexity index is 430. The van der Waals surface area contributed by atoms with Crippen molar-refractivity contribution in [3.05, 3.63) is 24.5 Å². The van der Waals surface area contributed by atoms with E-state index in [2.05, 4.69) is 30.9 Å². The van der Waals surface area contributed by atoms with Gasteiger partial charge in [0.05, 0.1) is 0 Å². The van der Waals surface area contributed by atoms with Crippen molar-refractivity contribution in [2.75, 3.05) is 17.3 Å². The highest BCUT2D eigenvalue weighted by molar-refractivity contribution is 5.38. The summed E-state index contributed by atoms with van der Waals surface area (Å²) in [6.45, 7) is 0.642. The van der Waals surface area contributed by atoms with Crippen LogP contribution in [0.15, 0.2) is 23.1 Å². The first-order valence-corrected chi connectivity index (χ1v) is 4.67. The topological polar surface area (TPSA) is 115 Å². The third-order valence-electron chi connectivity index (χ3n) is 1.84. The average molecular weight is 221 g/mol. The van der Waals surface area contributed by atoms with Gasteiger partial charge >= 0.3 is 0 Å². The summed E-state index contributed by atoms with van der Waals surface area (Å²) in [5.41, 5.74) is 2.37. The Balaban J connectivity index is 1.85.